The molecule has 1 heterocycles. The summed E-state index contributed by atoms with van der Waals surface area (Å²) in [5.74, 6) is 0. The van der Waals surface area contributed by atoms with E-state index in [9.17, 15) is 13.2 Å². The highest BCUT2D eigenvalue weighted by Crippen LogP contribution is 2.42. The lowest BCUT2D eigenvalue weighted by Crippen LogP contribution is -2.38. The number of carbonyl (C=O) groups excluding carboxylic acids is 1. The first-order chi connectivity index (χ1) is 12.5. The van der Waals surface area contributed by atoms with Gasteiger partial charge < -0.3 is 4.74 Å². The van der Waals surface area contributed by atoms with Gasteiger partial charge >= 0.3 is 6.09 Å². The van der Waals surface area contributed by atoms with E-state index in [0.29, 0.717) is 12.2 Å². The van der Waals surface area contributed by atoms with Crippen LogP contribution in [0.25, 0.3) is 0 Å². The molecular formula is C18H22N2O4S2. The van der Waals surface area contributed by atoms with Gasteiger partial charge in [0, 0.05) is 22.5 Å². The fourth-order valence-electron chi connectivity index (χ4n) is 3.35. The second-order valence-corrected chi connectivity index (χ2v) is 9.14. The van der Waals surface area contributed by atoms with Gasteiger partial charge in [0.1, 0.15) is 0 Å². The van der Waals surface area contributed by atoms with E-state index in [1.165, 1.54) is 36.3 Å². The summed E-state index contributed by atoms with van der Waals surface area (Å²) >= 11 is 1.69. The van der Waals surface area contributed by atoms with E-state index in [1.54, 1.807) is 11.3 Å². The maximum atomic E-state index is 12.7. The molecule has 0 radical (unpaired) electrons. The number of benzene rings is 1. The molecule has 1 aliphatic rings. The third-order valence-electron chi connectivity index (χ3n) is 4.80. The Morgan fingerprint density at radius 3 is 2.46 bits per heavy atom. The second kappa shape index (κ2) is 7.77. The lowest BCUT2D eigenvalue weighted by molar-refractivity contribution is 0.187. The summed E-state index contributed by atoms with van der Waals surface area (Å²) in [6.07, 6.45) is 3.63. The molecule has 2 aromatic rings. The predicted octanol–water partition coefficient (Wildman–Crippen LogP) is 3.72. The number of thiophene rings is 1. The van der Waals surface area contributed by atoms with Crippen LogP contribution in [0.3, 0.4) is 0 Å². The number of anilines is 1. The van der Waals surface area contributed by atoms with Crippen LogP contribution in [0.4, 0.5) is 10.5 Å². The molecule has 0 aliphatic heterocycles. The average Bonchev–Trinajstić information content (AvgIpc) is 3.33. The zero-order chi connectivity index (χ0) is 18.6. The topological polar surface area (TPSA) is 84.5 Å². The van der Waals surface area contributed by atoms with Crippen molar-refractivity contribution in [2.24, 2.45) is 0 Å². The first kappa shape index (κ1) is 18.9. The van der Waals surface area contributed by atoms with E-state index >= 15 is 0 Å². The summed E-state index contributed by atoms with van der Waals surface area (Å²) in [7, 11) is -2.35. The minimum atomic E-state index is -3.62. The van der Waals surface area contributed by atoms with E-state index in [-0.39, 0.29) is 10.3 Å². The number of methoxy groups -OCH3 is 1. The van der Waals surface area contributed by atoms with Crippen molar-refractivity contribution in [3.05, 3.63) is 46.7 Å². The molecule has 1 saturated carbocycles. The molecule has 3 rings (SSSR count). The number of carbonyl (C=O) groups is 1. The summed E-state index contributed by atoms with van der Waals surface area (Å²) in [5, 5.41) is 4.54. The van der Waals surface area contributed by atoms with Gasteiger partial charge in [-0.1, -0.05) is 18.9 Å². The van der Waals surface area contributed by atoms with Crippen LogP contribution in [0.2, 0.25) is 0 Å². The fourth-order valence-corrected chi connectivity index (χ4v) is 5.46. The highest BCUT2D eigenvalue weighted by Gasteiger charge is 2.37. The monoisotopic (exact) mass is 394 g/mol. The number of rotatable bonds is 6. The van der Waals surface area contributed by atoms with Crippen LogP contribution in [0, 0.1) is 0 Å². The van der Waals surface area contributed by atoms with Crippen LogP contribution < -0.4 is 10.0 Å². The van der Waals surface area contributed by atoms with Gasteiger partial charge in [-0.25, -0.2) is 17.9 Å². The number of hydrogen-bond acceptors (Lipinski definition) is 5. The lowest BCUT2D eigenvalue weighted by Gasteiger charge is -2.28. The van der Waals surface area contributed by atoms with Crippen molar-refractivity contribution in [2.45, 2.75) is 36.0 Å². The average molecular weight is 395 g/mol. The molecule has 6 nitrogen and oxygen atoms in total. The number of hydrogen-bond donors (Lipinski definition) is 2. The molecule has 0 atom stereocenters. The van der Waals surface area contributed by atoms with Crippen molar-refractivity contribution in [1.29, 1.82) is 0 Å². The Bertz CT molecular complexity index is 840. The molecular weight excluding hydrogens is 372 g/mol. The van der Waals surface area contributed by atoms with Crippen molar-refractivity contribution in [2.75, 3.05) is 19.0 Å². The van der Waals surface area contributed by atoms with Crippen molar-refractivity contribution >= 4 is 33.1 Å². The quantitative estimate of drug-likeness (QED) is 0.782. The summed E-state index contributed by atoms with van der Waals surface area (Å²) in [6, 6.07) is 10.1. The molecule has 140 valence electrons. The number of amides is 1. The highest BCUT2D eigenvalue weighted by molar-refractivity contribution is 7.89. The van der Waals surface area contributed by atoms with Crippen molar-refractivity contribution in [1.82, 2.24) is 4.72 Å². The van der Waals surface area contributed by atoms with Gasteiger partial charge in [0.25, 0.3) is 0 Å². The number of ether oxygens (including phenoxy) is 1. The SMILES string of the molecule is COC(=O)Nc1ccc(S(=O)(=O)NCC2(c3cccs3)CCCC2)cc1. The minimum absolute atomic E-state index is 0.104. The molecule has 1 amide bonds. The van der Waals surface area contributed by atoms with E-state index < -0.39 is 16.1 Å². The molecule has 0 unspecified atom stereocenters. The highest BCUT2D eigenvalue weighted by atomic mass is 32.2. The van der Waals surface area contributed by atoms with Crippen LogP contribution in [0.15, 0.2) is 46.7 Å². The molecule has 2 N–H and O–H groups in total. The predicted molar refractivity (Wildman–Crippen MR) is 102 cm³/mol. The first-order valence-corrected chi connectivity index (χ1v) is 10.8. The van der Waals surface area contributed by atoms with Crippen molar-refractivity contribution in [3.8, 4) is 0 Å². The van der Waals surface area contributed by atoms with Gasteiger partial charge in [-0.3, -0.25) is 5.32 Å². The maximum Gasteiger partial charge on any atom is 0.411 e. The maximum absolute atomic E-state index is 12.7. The Hall–Kier alpha value is -1.90. The molecule has 0 saturated heterocycles. The third kappa shape index (κ3) is 4.08. The largest absolute Gasteiger partial charge is 0.453 e. The molecule has 1 fully saturated rings. The Morgan fingerprint density at radius 1 is 1.19 bits per heavy atom. The van der Waals surface area contributed by atoms with E-state index in [0.717, 1.165) is 25.7 Å². The molecule has 1 aromatic heterocycles. The van der Waals surface area contributed by atoms with Crippen LogP contribution in [0.1, 0.15) is 30.6 Å². The van der Waals surface area contributed by atoms with Gasteiger partial charge in [-0.05, 0) is 48.6 Å². The first-order valence-electron chi connectivity index (χ1n) is 8.44. The zero-order valence-corrected chi connectivity index (χ0v) is 16.2. The summed E-state index contributed by atoms with van der Waals surface area (Å²) in [5.41, 5.74) is 0.370. The van der Waals surface area contributed by atoms with Crippen LogP contribution in [-0.2, 0) is 20.2 Å². The van der Waals surface area contributed by atoms with Crippen molar-refractivity contribution in [3.63, 3.8) is 0 Å². The van der Waals surface area contributed by atoms with E-state index in [4.69, 9.17) is 0 Å². The van der Waals surface area contributed by atoms with Gasteiger partial charge in [-0.2, -0.15) is 0 Å². The van der Waals surface area contributed by atoms with E-state index in [2.05, 4.69) is 20.8 Å². The summed E-state index contributed by atoms with van der Waals surface area (Å²) < 4.78 is 32.6. The fraction of sp³-hybridized carbons (Fsp3) is 0.389. The van der Waals surface area contributed by atoms with Gasteiger partial charge in [0.05, 0.1) is 12.0 Å². The number of sulfonamides is 1. The second-order valence-electron chi connectivity index (χ2n) is 6.43. The zero-order valence-electron chi connectivity index (χ0n) is 14.5. The molecule has 8 heteroatoms. The molecule has 0 bridgehead atoms. The standard InChI is InChI=1S/C18H22N2O4S2/c1-24-17(21)20-14-6-8-15(9-7-14)26(22,23)19-13-18(10-2-3-11-18)16-5-4-12-25-16/h4-9,12,19H,2-3,10-11,13H2,1H3,(H,20,21). The Morgan fingerprint density at radius 2 is 1.88 bits per heavy atom. The van der Waals surface area contributed by atoms with Gasteiger partial charge in [0.2, 0.25) is 10.0 Å². The molecule has 0 spiro atoms. The smallest absolute Gasteiger partial charge is 0.411 e. The summed E-state index contributed by atoms with van der Waals surface area (Å²) in [6.45, 7) is 0.401. The van der Waals surface area contributed by atoms with Gasteiger partial charge in [0.15, 0.2) is 0 Å². The molecule has 1 aromatic carbocycles. The third-order valence-corrected chi connectivity index (χ3v) is 7.33. The minimum Gasteiger partial charge on any atom is -0.453 e. The molecule has 26 heavy (non-hydrogen) atoms. The number of nitrogens with one attached hydrogen (secondary N) is 2. The lowest BCUT2D eigenvalue weighted by atomic mass is 9.85. The van der Waals surface area contributed by atoms with Crippen LogP contribution in [0.5, 0.6) is 0 Å². The van der Waals surface area contributed by atoms with Crippen LogP contribution >= 0.6 is 11.3 Å². The Balaban J connectivity index is 1.71. The normalized spacial score (nSPS) is 16.3. The van der Waals surface area contributed by atoms with E-state index in [1.807, 2.05) is 11.4 Å². The molecule has 1 aliphatic carbocycles. The summed E-state index contributed by atoms with van der Waals surface area (Å²) in [4.78, 5) is 12.6. The van der Waals surface area contributed by atoms with Gasteiger partial charge in [-0.15, -0.1) is 11.3 Å². The van der Waals surface area contributed by atoms with Crippen LogP contribution in [-0.4, -0.2) is 28.2 Å². The Kier molecular flexibility index (Phi) is 5.64. The van der Waals surface area contributed by atoms with Crippen molar-refractivity contribution < 1.29 is 17.9 Å². The Labute approximate surface area is 157 Å².